The molecular formula is C35H46N6O7S3. The van der Waals surface area contributed by atoms with Gasteiger partial charge in [0.25, 0.3) is 15.9 Å². The van der Waals surface area contributed by atoms with E-state index in [1.807, 2.05) is 23.1 Å². The fourth-order valence-electron chi connectivity index (χ4n) is 5.40. The van der Waals surface area contributed by atoms with Crippen molar-refractivity contribution in [3.63, 3.8) is 0 Å². The van der Waals surface area contributed by atoms with Gasteiger partial charge in [-0.05, 0) is 36.2 Å². The van der Waals surface area contributed by atoms with Crippen molar-refractivity contribution in [2.24, 2.45) is 0 Å². The number of thioether (sulfide) groups is 1. The number of H-pyrrole nitrogens is 1. The van der Waals surface area contributed by atoms with E-state index in [1.165, 1.54) is 24.9 Å². The van der Waals surface area contributed by atoms with Gasteiger partial charge in [0.2, 0.25) is 5.91 Å². The molecule has 0 radical (unpaired) electrons. The van der Waals surface area contributed by atoms with Crippen LogP contribution in [0.15, 0.2) is 78.0 Å². The van der Waals surface area contributed by atoms with Crippen molar-refractivity contribution in [2.75, 3.05) is 63.5 Å². The number of ether oxygens (including phenoxy) is 1. The zero-order valence-electron chi connectivity index (χ0n) is 28.0. The van der Waals surface area contributed by atoms with Gasteiger partial charge in [0.05, 0.1) is 24.9 Å². The molecule has 276 valence electrons. The maximum atomic E-state index is 13.6. The van der Waals surface area contributed by atoms with Gasteiger partial charge in [0.15, 0.2) is 5.03 Å². The molecule has 0 aliphatic carbocycles. The van der Waals surface area contributed by atoms with E-state index in [0.717, 1.165) is 37.4 Å². The van der Waals surface area contributed by atoms with Gasteiger partial charge in [-0.2, -0.15) is 24.5 Å². The lowest BCUT2D eigenvalue weighted by Crippen LogP contribution is -2.50. The van der Waals surface area contributed by atoms with E-state index >= 15 is 0 Å². The number of piperazine rings is 1. The minimum atomic E-state index is -4.04. The Balaban J connectivity index is 0.00000583. The van der Waals surface area contributed by atoms with E-state index in [0.29, 0.717) is 55.1 Å². The van der Waals surface area contributed by atoms with Crippen LogP contribution in [-0.4, -0.2) is 104 Å². The molecule has 0 spiro atoms. The number of aromatic amines is 1. The summed E-state index contributed by atoms with van der Waals surface area (Å²) in [6.45, 7) is 6.04. The van der Waals surface area contributed by atoms with Gasteiger partial charge in [-0.15, -0.1) is 0 Å². The minimum Gasteiger partial charge on any atom is -0.493 e. The van der Waals surface area contributed by atoms with Crippen molar-refractivity contribution in [2.45, 2.75) is 36.8 Å². The number of hydrogen-bond acceptors (Lipinski definition) is 11. The summed E-state index contributed by atoms with van der Waals surface area (Å²) in [5.74, 6) is 1.63. The Labute approximate surface area is 308 Å². The summed E-state index contributed by atoms with van der Waals surface area (Å²) < 4.78 is 39.9. The lowest BCUT2D eigenvalue weighted by molar-refractivity contribution is -0.160. The highest BCUT2D eigenvalue weighted by molar-refractivity contribution is 7.99. The van der Waals surface area contributed by atoms with Crippen molar-refractivity contribution < 1.29 is 32.0 Å². The molecule has 2 aromatic carbocycles. The zero-order chi connectivity index (χ0) is 35.3. The van der Waals surface area contributed by atoms with Crippen LogP contribution < -0.4 is 14.8 Å². The molecule has 0 bridgehead atoms. The molecule has 51 heavy (non-hydrogen) atoms. The normalized spacial score (nSPS) is 14.1. The molecule has 0 saturated carbocycles. The Morgan fingerprint density at radius 1 is 1.04 bits per heavy atom. The van der Waals surface area contributed by atoms with Crippen LogP contribution in [0.1, 0.15) is 36.8 Å². The average Bonchev–Trinajstić information content (AvgIpc) is 3.57. The van der Waals surface area contributed by atoms with Crippen LogP contribution in [-0.2, 0) is 29.8 Å². The number of pyridine rings is 1. The molecule has 5 rings (SSSR count). The van der Waals surface area contributed by atoms with Crippen LogP contribution in [0.25, 0.3) is 10.9 Å². The number of carbonyl (C=O) groups is 2. The van der Waals surface area contributed by atoms with Crippen LogP contribution in [0.4, 0.5) is 5.69 Å². The van der Waals surface area contributed by atoms with Gasteiger partial charge in [0, 0.05) is 92.6 Å². The Hall–Kier alpha value is -3.80. The van der Waals surface area contributed by atoms with E-state index in [1.54, 1.807) is 49.0 Å². The number of hydrogen-bond donors (Lipinski definition) is 3. The number of anilines is 1. The Bertz CT molecular complexity index is 1800. The van der Waals surface area contributed by atoms with Gasteiger partial charge in [-0.1, -0.05) is 43.8 Å². The van der Waals surface area contributed by atoms with Gasteiger partial charge in [-0.3, -0.25) is 19.2 Å². The third kappa shape index (κ3) is 11.9. The summed E-state index contributed by atoms with van der Waals surface area (Å²) in [6, 6.07) is 19.9. The molecule has 16 heteroatoms. The van der Waals surface area contributed by atoms with E-state index in [2.05, 4.69) is 41.9 Å². The fraction of sp³-hybridized carbons (Fsp3) is 0.400. The largest absolute Gasteiger partial charge is 0.493 e. The first-order valence-corrected chi connectivity index (χ1v) is 19.6. The van der Waals surface area contributed by atoms with E-state index in [9.17, 15) is 18.0 Å². The number of rotatable bonds is 18. The lowest BCUT2D eigenvalue weighted by atomic mass is 10.2. The topological polar surface area (TPSA) is 155 Å². The van der Waals surface area contributed by atoms with Gasteiger partial charge in [0.1, 0.15) is 11.4 Å². The molecule has 13 nitrogen and oxygen atoms in total. The summed E-state index contributed by atoms with van der Waals surface area (Å²) in [6.07, 6.45) is 2.06. The molecule has 4 aromatic rings. The third-order valence-electron chi connectivity index (χ3n) is 7.96. The van der Waals surface area contributed by atoms with Gasteiger partial charge in [-0.25, -0.2) is 9.87 Å². The second kappa shape index (κ2) is 19.7. The van der Waals surface area contributed by atoms with E-state index < -0.39 is 10.0 Å². The number of nitrogens with one attached hydrogen (secondary N) is 3. The second-order valence-electron chi connectivity index (χ2n) is 11.6. The second-order valence-corrected chi connectivity index (χ2v) is 15.3. The average molecular weight is 759 g/mol. The Morgan fingerprint density at radius 2 is 1.80 bits per heavy atom. The number of carbonyl (C=O) groups excluding carboxylic acids is 2. The molecular weight excluding hydrogens is 713 g/mol. The SMILES string of the molecule is C.COOSCCCOc1cc(NS(=O)(=O)c2ccccn2)c2[nH]c(C(=O)NCC(CN3CCN(C(C)=O)CC3)SCc3ccccc3)cc2c1. The molecule has 1 aliphatic heterocycles. The van der Waals surface area contributed by atoms with Crippen LogP contribution in [0.5, 0.6) is 5.75 Å². The third-order valence-corrected chi connectivity index (χ3v) is 11.2. The predicted octanol–water partition coefficient (Wildman–Crippen LogP) is 5.19. The predicted molar refractivity (Wildman–Crippen MR) is 203 cm³/mol. The molecule has 1 unspecified atom stereocenters. The first-order chi connectivity index (χ1) is 24.2. The first kappa shape index (κ1) is 40.0. The number of sulfonamides is 1. The number of nitrogens with zero attached hydrogens (tertiary/aromatic N) is 3. The van der Waals surface area contributed by atoms with Crippen molar-refractivity contribution in [1.29, 1.82) is 0 Å². The number of fused-ring (bicyclic) bond motifs is 1. The fourth-order valence-corrected chi connectivity index (χ4v) is 7.95. The summed E-state index contributed by atoms with van der Waals surface area (Å²) in [5.41, 5.74) is 2.14. The summed E-state index contributed by atoms with van der Waals surface area (Å²) in [5, 5.41) is 3.64. The quantitative estimate of drug-likeness (QED) is 0.0532. The van der Waals surface area contributed by atoms with Crippen LogP contribution in [0.3, 0.4) is 0 Å². The van der Waals surface area contributed by atoms with Crippen molar-refractivity contribution in [1.82, 2.24) is 25.1 Å². The first-order valence-electron chi connectivity index (χ1n) is 16.2. The highest BCUT2D eigenvalue weighted by atomic mass is 32.2. The minimum absolute atomic E-state index is 0. The number of amides is 2. The molecule has 2 aromatic heterocycles. The van der Waals surface area contributed by atoms with Crippen molar-refractivity contribution in [3.05, 3.63) is 84.2 Å². The van der Waals surface area contributed by atoms with Crippen LogP contribution in [0.2, 0.25) is 0 Å². The van der Waals surface area contributed by atoms with Crippen molar-refractivity contribution >= 4 is 62.2 Å². The molecule has 1 saturated heterocycles. The Morgan fingerprint density at radius 3 is 2.51 bits per heavy atom. The molecule has 2 amide bonds. The van der Waals surface area contributed by atoms with Gasteiger partial charge < -0.3 is 19.9 Å². The monoisotopic (exact) mass is 758 g/mol. The lowest BCUT2D eigenvalue weighted by Gasteiger charge is -2.36. The number of benzene rings is 2. The van der Waals surface area contributed by atoms with Crippen LogP contribution >= 0.6 is 23.8 Å². The van der Waals surface area contributed by atoms with E-state index in [4.69, 9.17) is 9.07 Å². The van der Waals surface area contributed by atoms with Gasteiger partial charge >= 0.3 is 0 Å². The summed E-state index contributed by atoms with van der Waals surface area (Å²) >= 11 is 2.93. The highest BCUT2D eigenvalue weighted by Gasteiger charge is 2.24. The van der Waals surface area contributed by atoms with Crippen LogP contribution in [0, 0.1) is 0 Å². The molecule has 3 N–H and O–H groups in total. The maximum absolute atomic E-state index is 13.6. The smallest absolute Gasteiger partial charge is 0.279 e. The highest BCUT2D eigenvalue weighted by Crippen LogP contribution is 2.32. The zero-order valence-corrected chi connectivity index (χ0v) is 30.5. The maximum Gasteiger partial charge on any atom is 0.279 e. The van der Waals surface area contributed by atoms with E-state index in [-0.39, 0.29) is 40.9 Å². The molecule has 1 fully saturated rings. The number of aromatic nitrogens is 2. The summed E-state index contributed by atoms with van der Waals surface area (Å²) in [7, 11) is -2.61. The molecule has 1 atom stereocenters. The Kier molecular flexibility index (Phi) is 15.5. The standard InChI is InChI=1S/C34H42N6O7S3.CH4/c1-25(41)40-15-13-39(14-16-40)23-29(48-24-26-9-4-3-5-10-26)22-36-34(42)31-20-27-19-28(46-17-8-18-49-47-45-2)21-30(33(27)37-31)38-50(43,44)32-11-6-7-12-35-32;/h3-7,9-12,19-21,29,37-38H,8,13-18,22-24H2,1-2H3,(H,36,42);1H4. The van der Waals surface area contributed by atoms with Crippen molar-refractivity contribution in [3.8, 4) is 5.75 Å². The summed E-state index contributed by atoms with van der Waals surface area (Å²) in [4.78, 5) is 41.3. The molecule has 1 aliphatic rings. The molecule has 3 heterocycles.